The van der Waals surface area contributed by atoms with Gasteiger partial charge in [0.1, 0.15) is 0 Å². The Kier molecular flexibility index (Phi) is 5.89. The highest BCUT2D eigenvalue weighted by molar-refractivity contribution is 8.00. The zero-order valence-electron chi connectivity index (χ0n) is 16.1. The lowest BCUT2D eigenvalue weighted by molar-refractivity contribution is -0.115. The molecule has 1 aromatic heterocycles. The number of nitrogens with zero attached hydrogens (tertiary/aromatic N) is 4. The number of aromatic nitrogens is 4. The molecule has 0 saturated heterocycles. The topological polar surface area (TPSA) is 89.8 Å². The maximum atomic E-state index is 12.5. The summed E-state index contributed by atoms with van der Waals surface area (Å²) >= 11 is 1.28. The minimum absolute atomic E-state index is 0.0139. The van der Waals surface area contributed by atoms with E-state index in [4.69, 9.17) is 0 Å². The van der Waals surface area contributed by atoms with Gasteiger partial charge in [-0.3, -0.25) is 9.59 Å². The van der Waals surface area contributed by atoms with Crippen LogP contribution in [0, 0.1) is 13.8 Å². The largest absolute Gasteiger partial charge is 0.325 e. The van der Waals surface area contributed by atoms with Gasteiger partial charge in [0.05, 0.1) is 10.9 Å². The first-order valence-electron chi connectivity index (χ1n) is 8.79. The molecule has 3 aromatic rings. The molecule has 0 fully saturated rings. The lowest BCUT2D eigenvalue weighted by atomic mass is 10.1. The molecule has 0 aliphatic carbocycles. The van der Waals surface area contributed by atoms with Crippen LogP contribution in [-0.4, -0.2) is 37.1 Å². The van der Waals surface area contributed by atoms with Crippen LogP contribution >= 0.6 is 11.8 Å². The Morgan fingerprint density at radius 2 is 1.82 bits per heavy atom. The van der Waals surface area contributed by atoms with Crippen molar-refractivity contribution >= 4 is 29.1 Å². The smallest absolute Gasteiger partial charge is 0.237 e. The predicted molar refractivity (Wildman–Crippen MR) is 109 cm³/mol. The molecule has 0 aliphatic rings. The van der Waals surface area contributed by atoms with Gasteiger partial charge in [0.15, 0.2) is 5.78 Å². The summed E-state index contributed by atoms with van der Waals surface area (Å²) < 4.78 is 1.64. The van der Waals surface area contributed by atoms with Gasteiger partial charge >= 0.3 is 0 Å². The van der Waals surface area contributed by atoms with Crippen LogP contribution in [0.15, 0.2) is 47.6 Å². The van der Waals surface area contributed by atoms with Crippen LogP contribution in [0.5, 0.6) is 0 Å². The first kappa shape index (κ1) is 19.8. The summed E-state index contributed by atoms with van der Waals surface area (Å²) in [6, 6.07) is 12.8. The minimum atomic E-state index is -0.414. The minimum Gasteiger partial charge on any atom is -0.325 e. The number of hydrogen-bond acceptors (Lipinski definition) is 6. The zero-order chi connectivity index (χ0) is 20.3. The highest BCUT2D eigenvalue weighted by Gasteiger charge is 2.20. The molecule has 8 heteroatoms. The van der Waals surface area contributed by atoms with E-state index in [2.05, 4.69) is 26.9 Å². The van der Waals surface area contributed by atoms with Crippen molar-refractivity contribution < 1.29 is 9.59 Å². The van der Waals surface area contributed by atoms with Gasteiger partial charge in [0, 0.05) is 11.3 Å². The van der Waals surface area contributed by atoms with Crippen LogP contribution in [0.4, 0.5) is 5.69 Å². The summed E-state index contributed by atoms with van der Waals surface area (Å²) in [6.07, 6.45) is 0. The van der Waals surface area contributed by atoms with E-state index >= 15 is 0 Å². The number of carbonyl (C=O) groups is 2. The van der Waals surface area contributed by atoms with Gasteiger partial charge < -0.3 is 5.32 Å². The van der Waals surface area contributed by atoms with E-state index in [0.29, 0.717) is 16.4 Å². The number of benzene rings is 2. The zero-order valence-corrected chi connectivity index (χ0v) is 16.9. The van der Waals surface area contributed by atoms with Crippen molar-refractivity contribution in [2.24, 2.45) is 0 Å². The third-order valence-corrected chi connectivity index (χ3v) is 5.26. The van der Waals surface area contributed by atoms with E-state index < -0.39 is 5.25 Å². The molecule has 28 heavy (non-hydrogen) atoms. The molecule has 1 N–H and O–H groups in total. The van der Waals surface area contributed by atoms with E-state index in [-0.39, 0.29) is 11.7 Å². The first-order valence-corrected chi connectivity index (χ1v) is 9.67. The molecule has 0 saturated carbocycles. The highest BCUT2D eigenvalue weighted by atomic mass is 32.2. The van der Waals surface area contributed by atoms with E-state index in [1.54, 1.807) is 35.9 Å². The quantitative estimate of drug-likeness (QED) is 0.507. The molecule has 7 nitrogen and oxygen atoms in total. The number of anilines is 1. The van der Waals surface area contributed by atoms with Crippen LogP contribution in [-0.2, 0) is 4.79 Å². The number of thioether (sulfide) groups is 1. The van der Waals surface area contributed by atoms with Gasteiger partial charge in [-0.25, -0.2) is 0 Å². The van der Waals surface area contributed by atoms with E-state index in [9.17, 15) is 9.59 Å². The maximum Gasteiger partial charge on any atom is 0.237 e. The van der Waals surface area contributed by atoms with Crippen molar-refractivity contribution in [1.82, 2.24) is 20.2 Å². The van der Waals surface area contributed by atoms with Gasteiger partial charge in [0.2, 0.25) is 11.1 Å². The first-order chi connectivity index (χ1) is 13.3. The lowest BCUT2D eigenvalue weighted by Crippen LogP contribution is -2.23. The fourth-order valence-corrected chi connectivity index (χ4v) is 3.49. The van der Waals surface area contributed by atoms with Crippen LogP contribution in [0.3, 0.4) is 0 Å². The normalized spacial score (nSPS) is 11.9. The molecule has 0 bridgehead atoms. The Hall–Kier alpha value is -3.00. The van der Waals surface area contributed by atoms with Gasteiger partial charge in [0.25, 0.3) is 0 Å². The third-order valence-electron chi connectivity index (χ3n) is 4.23. The average Bonchev–Trinajstić information content (AvgIpc) is 3.10. The van der Waals surface area contributed by atoms with Crippen LogP contribution in [0.25, 0.3) is 5.69 Å². The second-order valence-corrected chi connectivity index (χ2v) is 7.85. The Morgan fingerprint density at radius 3 is 2.46 bits per heavy atom. The van der Waals surface area contributed by atoms with Gasteiger partial charge in [-0.15, -0.1) is 5.10 Å². The second-order valence-electron chi connectivity index (χ2n) is 6.55. The molecule has 2 aromatic carbocycles. The van der Waals surface area contributed by atoms with E-state index in [0.717, 1.165) is 16.8 Å². The molecule has 0 radical (unpaired) electrons. The standard InChI is InChI=1S/C20H21N5O2S/c1-12-5-10-18(13(2)11-12)25-20(22-23-24-25)28-15(4)19(27)21-17-8-6-16(7-9-17)14(3)26/h5-11,15H,1-4H3,(H,21,27)/t15-/m0/s1. The molecule has 144 valence electrons. The molecule has 3 rings (SSSR count). The molecule has 1 amide bonds. The van der Waals surface area contributed by atoms with Crippen molar-refractivity contribution in [3.8, 4) is 5.69 Å². The molecular formula is C20H21N5O2S. The number of amides is 1. The number of nitrogens with one attached hydrogen (secondary N) is 1. The average molecular weight is 395 g/mol. The Balaban J connectivity index is 1.71. The van der Waals surface area contributed by atoms with Crippen molar-refractivity contribution in [3.63, 3.8) is 0 Å². The molecule has 1 atom stereocenters. The van der Waals surface area contributed by atoms with Crippen molar-refractivity contribution in [3.05, 3.63) is 59.2 Å². The highest BCUT2D eigenvalue weighted by Crippen LogP contribution is 2.25. The van der Waals surface area contributed by atoms with Gasteiger partial charge in [-0.05, 0) is 74.0 Å². The van der Waals surface area contributed by atoms with Crippen molar-refractivity contribution in [2.75, 3.05) is 5.32 Å². The number of ketones is 1. The maximum absolute atomic E-state index is 12.5. The number of Topliss-reactive ketones (excluding diaryl/α,β-unsaturated/α-hetero) is 1. The fraction of sp³-hybridized carbons (Fsp3) is 0.250. The van der Waals surface area contributed by atoms with Crippen LogP contribution in [0.1, 0.15) is 35.3 Å². The summed E-state index contributed by atoms with van der Waals surface area (Å²) in [4.78, 5) is 23.9. The van der Waals surface area contributed by atoms with Crippen LogP contribution < -0.4 is 5.32 Å². The summed E-state index contributed by atoms with van der Waals surface area (Å²) in [7, 11) is 0. The SMILES string of the molecule is CC(=O)c1ccc(NC(=O)[C@H](C)Sc2nnnn2-c2ccc(C)cc2C)cc1. The van der Waals surface area contributed by atoms with Gasteiger partial charge in [-0.2, -0.15) is 4.68 Å². The Morgan fingerprint density at radius 1 is 1.11 bits per heavy atom. The fourth-order valence-electron chi connectivity index (χ4n) is 2.69. The molecule has 1 heterocycles. The number of hydrogen-bond donors (Lipinski definition) is 1. The lowest BCUT2D eigenvalue weighted by Gasteiger charge is -2.13. The number of carbonyl (C=O) groups excluding carboxylic acids is 2. The van der Waals surface area contributed by atoms with Crippen molar-refractivity contribution in [2.45, 2.75) is 38.1 Å². The second kappa shape index (κ2) is 8.35. The summed E-state index contributed by atoms with van der Waals surface area (Å²) in [5, 5.41) is 14.9. The summed E-state index contributed by atoms with van der Waals surface area (Å²) in [6.45, 7) is 7.33. The van der Waals surface area contributed by atoms with E-state index in [1.807, 2.05) is 26.0 Å². The summed E-state index contributed by atoms with van der Waals surface area (Å²) in [5.41, 5.74) is 4.33. The monoisotopic (exact) mass is 395 g/mol. The number of aryl methyl sites for hydroxylation is 2. The molecular weight excluding hydrogens is 374 g/mol. The number of rotatable bonds is 6. The van der Waals surface area contributed by atoms with Crippen LogP contribution in [0.2, 0.25) is 0 Å². The Labute approximate surface area is 167 Å². The molecule has 0 spiro atoms. The van der Waals surface area contributed by atoms with Gasteiger partial charge in [-0.1, -0.05) is 29.5 Å². The van der Waals surface area contributed by atoms with E-state index in [1.165, 1.54) is 18.7 Å². The molecule has 0 unspecified atom stereocenters. The predicted octanol–water partition coefficient (Wildman–Crippen LogP) is 3.60. The number of tetrazole rings is 1. The summed E-state index contributed by atoms with van der Waals surface area (Å²) in [5.74, 6) is -0.184. The third kappa shape index (κ3) is 4.45. The van der Waals surface area contributed by atoms with Crippen molar-refractivity contribution in [1.29, 1.82) is 0 Å². The molecule has 0 aliphatic heterocycles. The Bertz CT molecular complexity index is 1010.